The quantitative estimate of drug-likeness (QED) is 0.527. The highest BCUT2D eigenvalue weighted by Gasteiger charge is 2.22. The number of para-hydroxylation sites is 1. The summed E-state index contributed by atoms with van der Waals surface area (Å²) in [5.41, 5.74) is -0.177. The summed E-state index contributed by atoms with van der Waals surface area (Å²) in [5.74, 6) is 5.84. The first-order chi connectivity index (χ1) is 9.50. The highest BCUT2D eigenvalue weighted by molar-refractivity contribution is 5.85. The van der Waals surface area contributed by atoms with Gasteiger partial charge in [0.05, 0.1) is 21.6 Å². The minimum absolute atomic E-state index is 0. The van der Waals surface area contributed by atoms with Gasteiger partial charge in [0.2, 0.25) is 0 Å². The number of nitro benzene ring substituents is 2. The molecular formula is C12H11ClN4O4. The lowest BCUT2D eigenvalue weighted by Crippen LogP contribution is -2.25. The number of nitro groups is 2. The van der Waals surface area contributed by atoms with Crippen LogP contribution >= 0.6 is 12.4 Å². The molecule has 0 fully saturated rings. The van der Waals surface area contributed by atoms with Crippen molar-refractivity contribution in [2.75, 3.05) is 5.01 Å². The summed E-state index contributed by atoms with van der Waals surface area (Å²) in [4.78, 5) is 20.3. The van der Waals surface area contributed by atoms with E-state index >= 15 is 0 Å². The predicted molar refractivity (Wildman–Crippen MR) is 79.8 cm³/mol. The van der Waals surface area contributed by atoms with E-state index in [0.29, 0.717) is 5.69 Å². The van der Waals surface area contributed by atoms with Crippen LogP contribution < -0.4 is 10.9 Å². The Morgan fingerprint density at radius 2 is 1.57 bits per heavy atom. The number of non-ortho nitro benzene ring substituents is 1. The van der Waals surface area contributed by atoms with E-state index in [1.54, 1.807) is 30.3 Å². The summed E-state index contributed by atoms with van der Waals surface area (Å²) >= 11 is 0. The second-order valence-electron chi connectivity index (χ2n) is 3.89. The maximum atomic E-state index is 11.0. The van der Waals surface area contributed by atoms with Crippen LogP contribution in [0.25, 0.3) is 0 Å². The average molecular weight is 311 g/mol. The molecule has 110 valence electrons. The third-order valence-corrected chi connectivity index (χ3v) is 2.66. The zero-order valence-corrected chi connectivity index (χ0v) is 11.4. The second kappa shape index (κ2) is 6.64. The molecule has 0 atom stereocenters. The predicted octanol–water partition coefficient (Wildman–Crippen LogP) is 2.94. The zero-order chi connectivity index (χ0) is 14.7. The topological polar surface area (TPSA) is 116 Å². The number of nitrogens with two attached hydrogens (primary N) is 1. The zero-order valence-electron chi connectivity index (χ0n) is 10.6. The maximum Gasteiger partial charge on any atom is 0.301 e. The Hall–Kier alpha value is -2.71. The highest BCUT2D eigenvalue weighted by Crippen LogP contribution is 2.33. The first-order valence-corrected chi connectivity index (χ1v) is 5.53. The van der Waals surface area contributed by atoms with E-state index in [1.807, 2.05) is 0 Å². The highest BCUT2D eigenvalue weighted by atomic mass is 35.5. The molecule has 21 heavy (non-hydrogen) atoms. The summed E-state index contributed by atoms with van der Waals surface area (Å²) in [5, 5.41) is 22.8. The number of hydrogen-bond donors (Lipinski definition) is 1. The SMILES string of the molecule is Cl.NN(c1ccccc1)c1ccc([N+](=O)[O-])cc1[N+](=O)[O-]. The molecule has 0 aliphatic carbocycles. The van der Waals surface area contributed by atoms with Crippen molar-refractivity contribution in [3.8, 4) is 0 Å². The van der Waals surface area contributed by atoms with Crippen LogP contribution in [0.15, 0.2) is 48.5 Å². The number of halogens is 1. The Balaban J connectivity index is 0.00000220. The van der Waals surface area contributed by atoms with E-state index in [2.05, 4.69) is 0 Å². The third-order valence-electron chi connectivity index (χ3n) is 2.66. The average Bonchev–Trinajstić information content (AvgIpc) is 2.46. The van der Waals surface area contributed by atoms with Gasteiger partial charge in [0.1, 0.15) is 5.69 Å². The molecule has 0 aliphatic rings. The molecule has 9 heteroatoms. The molecule has 2 rings (SSSR count). The van der Waals surface area contributed by atoms with Crippen LogP contribution in [0.2, 0.25) is 0 Å². The molecule has 0 heterocycles. The van der Waals surface area contributed by atoms with E-state index in [-0.39, 0.29) is 23.8 Å². The van der Waals surface area contributed by atoms with Crippen molar-refractivity contribution in [3.63, 3.8) is 0 Å². The Labute approximate surface area is 125 Å². The van der Waals surface area contributed by atoms with Gasteiger partial charge in [0, 0.05) is 6.07 Å². The van der Waals surface area contributed by atoms with Gasteiger partial charge in [-0.2, -0.15) is 0 Å². The molecule has 0 unspecified atom stereocenters. The Bertz CT molecular complexity index is 666. The molecule has 0 saturated heterocycles. The van der Waals surface area contributed by atoms with Crippen LogP contribution in [-0.2, 0) is 0 Å². The van der Waals surface area contributed by atoms with Gasteiger partial charge in [-0.15, -0.1) is 12.4 Å². The number of rotatable bonds is 4. The maximum absolute atomic E-state index is 11.0. The molecule has 0 radical (unpaired) electrons. The molecule has 2 aromatic carbocycles. The van der Waals surface area contributed by atoms with Gasteiger partial charge < -0.3 is 0 Å². The largest absolute Gasteiger partial charge is 0.301 e. The number of nitrogens with zero attached hydrogens (tertiary/aromatic N) is 3. The smallest absolute Gasteiger partial charge is 0.273 e. The van der Waals surface area contributed by atoms with Crippen LogP contribution in [-0.4, -0.2) is 9.85 Å². The lowest BCUT2D eigenvalue weighted by molar-refractivity contribution is -0.393. The molecular weight excluding hydrogens is 300 g/mol. The van der Waals surface area contributed by atoms with Gasteiger partial charge in [0.15, 0.2) is 0 Å². The molecule has 0 saturated carbocycles. The van der Waals surface area contributed by atoms with E-state index < -0.39 is 15.5 Å². The molecule has 8 nitrogen and oxygen atoms in total. The van der Waals surface area contributed by atoms with E-state index in [0.717, 1.165) is 11.1 Å². The van der Waals surface area contributed by atoms with Gasteiger partial charge in [-0.1, -0.05) is 18.2 Å². The van der Waals surface area contributed by atoms with Crippen molar-refractivity contribution < 1.29 is 9.85 Å². The van der Waals surface area contributed by atoms with Crippen LogP contribution in [0.1, 0.15) is 0 Å². The molecule has 0 bridgehead atoms. The number of hydrazine groups is 1. The van der Waals surface area contributed by atoms with E-state index in [1.165, 1.54) is 12.1 Å². The molecule has 0 amide bonds. The monoisotopic (exact) mass is 310 g/mol. The second-order valence-corrected chi connectivity index (χ2v) is 3.89. The fourth-order valence-electron chi connectivity index (χ4n) is 1.70. The fraction of sp³-hybridized carbons (Fsp3) is 0. The lowest BCUT2D eigenvalue weighted by atomic mass is 10.2. The molecule has 2 N–H and O–H groups in total. The van der Waals surface area contributed by atoms with Crippen molar-refractivity contribution >= 4 is 35.2 Å². The number of anilines is 2. The normalized spacial score (nSPS) is 9.57. The first-order valence-electron chi connectivity index (χ1n) is 5.53. The standard InChI is InChI=1S/C12H10N4O4.ClH/c13-14(9-4-2-1-3-5-9)11-7-6-10(15(17)18)8-12(11)16(19)20;/h1-8H,13H2;1H. The van der Waals surface area contributed by atoms with Gasteiger partial charge in [0.25, 0.3) is 5.69 Å². The van der Waals surface area contributed by atoms with Crippen molar-refractivity contribution in [3.05, 3.63) is 68.8 Å². The van der Waals surface area contributed by atoms with Crippen molar-refractivity contribution in [2.45, 2.75) is 0 Å². The summed E-state index contributed by atoms with van der Waals surface area (Å²) in [6, 6.07) is 11.9. The van der Waals surface area contributed by atoms with Gasteiger partial charge >= 0.3 is 5.69 Å². The minimum atomic E-state index is -0.703. The van der Waals surface area contributed by atoms with E-state index in [9.17, 15) is 20.2 Å². The Morgan fingerprint density at radius 1 is 0.952 bits per heavy atom. The Kier molecular flexibility index (Phi) is 5.17. The van der Waals surface area contributed by atoms with Crippen molar-refractivity contribution in [1.29, 1.82) is 0 Å². The van der Waals surface area contributed by atoms with E-state index in [4.69, 9.17) is 5.84 Å². The first kappa shape index (κ1) is 16.3. The van der Waals surface area contributed by atoms with Gasteiger partial charge in [-0.25, -0.2) is 5.84 Å². The van der Waals surface area contributed by atoms with Crippen LogP contribution in [0.5, 0.6) is 0 Å². The summed E-state index contributed by atoms with van der Waals surface area (Å²) in [7, 11) is 0. The molecule has 2 aromatic rings. The minimum Gasteiger partial charge on any atom is -0.273 e. The fourth-order valence-corrected chi connectivity index (χ4v) is 1.70. The summed E-state index contributed by atoms with van der Waals surface area (Å²) in [6.07, 6.45) is 0. The van der Waals surface area contributed by atoms with Crippen LogP contribution in [0.4, 0.5) is 22.7 Å². The summed E-state index contributed by atoms with van der Waals surface area (Å²) < 4.78 is 0. The van der Waals surface area contributed by atoms with Crippen LogP contribution in [0.3, 0.4) is 0 Å². The molecule has 0 spiro atoms. The van der Waals surface area contributed by atoms with Crippen molar-refractivity contribution in [2.24, 2.45) is 5.84 Å². The van der Waals surface area contributed by atoms with Crippen molar-refractivity contribution in [1.82, 2.24) is 0 Å². The number of benzene rings is 2. The van der Waals surface area contributed by atoms with Gasteiger partial charge in [-0.3, -0.25) is 25.2 Å². The Morgan fingerprint density at radius 3 is 2.10 bits per heavy atom. The third kappa shape index (κ3) is 3.44. The molecule has 0 aliphatic heterocycles. The lowest BCUT2D eigenvalue weighted by Gasteiger charge is -2.18. The van der Waals surface area contributed by atoms with Crippen LogP contribution in [0, 0.1) is 20.2 Å². The summed E-state index contributed by atoms with van der Waals surface area (Å²) in [6.45, 7) is 0. The number of hydrogen-bond acceptors (Lipinski definition) is 6. The van der Waals surface area contributed by atoms with Gasteiger partial charge in [-0.05, 0) is 18.2 Å². The molecule has 0 aromatic heterocycles.